The van der Waals surface area contributed by atoms with Crippen LogP contribution >= 0.6 is 0 Å². The fourth-order valence-corrected chi connectivity index (χ4v) is 1.99. The molecule has 2 N–H and O–H groups in total. The largest absolute Gasteiger partial charge is 0.455 e. The predicted octanol–water partition coefficient (Wildman–Crippen LogP) is 4.88. The zero-order chi connectivity index (χ0) is 13.8. The number of nitrogens with two attached hydrogens (primary N) is 1. The Labute approximate surface area is 115 Å². The maximum atomic E-state index is 5.94. The van der Waals surface area contributed by atoms with E-state index in [0.29, 0.717) is 17.4 Å². The second-order valence-corrected chi connectivity index (χ2v) is 5.02. The summed E-state index contributed by atoms with van der Waals surface area (Å²) < 4.78 is 5.81. The number of benzene rings is 2. The number of nitrogen functional groups attached to an aromatic ring is 1. The van der Waals surface area contributed by atoms with Crippen LogP contribution in [0, 0.1) is 6.92 Å². The Morgan fingerprint density at radius 2 is 1.79 bits per heavy atom. The molecule has 0 saturated carbocycles. The first-order valence-corrected chi connectivity index (χ1v) is 6.74. The summed E-state index contributed by atoms with van der Waals surface area (Å²) in [6.07, 6.45) is 1.14. The Bertz CT molecular complexity index is 546. The van der Waals surface area contributed by atoms with E-state index in [0.717, 1.165) is 17.7 Å². The first-order valence-electron chi connectivity index (χ1n) is 6.74. The first-order chi connectivity index (χ1) is 9.10. The van der Waals surface area contributed by atoms with Gasteiger partial charge < -0.3 is 10.5 Å². The van der Waals surface area contributed by atoms with Gasteiger partial charge in [0.15, 0.2) is 0 Å². The van der Waals surface area contributed by atoms with Crippen LogP contribution in [0.3, 0.4) is 0 Å². The Morgan fingerprint density at radius 1 is 1.11 bits per heavy atom. The van der Waals surface area contributed by atoms with E-state index in [1.807, 2.05) is 37.3 Å². The molecule has 1 atom stereocenters. The van der Waals surface area contributed by atoms with Crippen LogP contribution in [0.15, 0.2) is 42.5 Å². The zero-order valence-electron chi connectivity index (χ0n) is 11.8. The quantitative estimate of drug-likeness (QED) is 0.790. The van der Waals surface area contributed by atoms with Gasteiger partial charge in [-0.3, -0.25) is 0 Å². The van der Waals surface area contributed by atoms with Gasteiger partial charge in [0.05, 0.1) is 5.69 Å². The highest BCUT2D eigenvalue weighted by Crippen LogP contribution is 2.29. The average Bonchev–Trinajstić information content (AvgIpc) is 2.42. The Balaban J connectivity index is 2.15. The molecule has 0 aliphatic heterocycles. The van der Waals surface area contributed by atoms with Gasteiger partial charge in [-0.2, -0.15) is 0 Å². The van der Waals surface area contributed by atoms with Crippen molar-refractivity contribution in [3.8, 4) is 11.5 Å². The van der Waals surface area contributed by atoms with Gasteiger partial charge in [-0.25, -0.2) is 0 Å². The molecule has 0 amide bonds. The average molecular weight is 255 g/mol. The van der Waals surface area contributed by atoms with Gasteiger partial charge in [-0.1, -0.05) is 32.0 Å². The molecule has 2 rings (SSSR count). The second-order valence-electron chi connectivity index (χ2n) is 5.02. The maximum absolute atomic E-state index is 5.94. The molecule has 0 aromatic heterocycles. The van der Waals surface area contributed by atoms with Crippen molar-refractivity contribution < 1.29 is 4.74 Å². The van der Waals surface area contributed by atoms with Crippen molar-refractivity contribution in [2.75, 3.05) is 5.73 Å². The summed E-state index contributed by atoms with van der Waals surface area (Å²) in [5.74, 6) is 2.11. The third kappa shape index (κ3) is 3.28. The van der Waals surface area contributed by atoms with Gasteiger partial charge in [-0.05, 0) is 54.7 Å². The van der Waals surface area contributed by atoms with Gasteiger partial charge in [-0.15, -0.1) is 0 Å². The van der Waals surface area contributed by atoms with E-state index >= 15 is 0 Å². The normalized spacial score (nSPS) is 12.2. The summed E-state index contributed by atoms with van der Waals surface area (Å²) >= 11 is 0. The third-order valence-corrected chi connectivity index (χ3v) is 3.45. The molecule has 0 saturated heterocycles. The Kier molecular flexibility index (Phi) is 4.10. The molecule has 1 unspecified atom stereocenters. The molecular weight excluding hydrogens is 234 g/mol. The highest BCUT2D eigenvalue weighted by molar-refractivity contribution is 5.55. The fourth-order valence-electron chi connectivity index (χ4n) is 1.99. The summed E-state index contributed by atoms with van der Waals surface area (Å²) in [7, 11) is 0. The van der Waals surface area contributed by atoms with Crippen molar-refractivity contribution >= 4 is 5.69 Å². The van der Waals surface area contributed by atoms with Crippen LogP contribution in [-0.4, -0.2) is 0 Å². The van der Waals surface area contributed by atoms with Gasteiger partial charge in [0.1, 0.15) is 11.5 Å². The number of aryl methyl sites for hydroxylation is 1. The first kappa shape index (κ1) is 13.5. The summed E-state index contributed by atoms with van der Waals surface area (Å²) in [4.78, 5) is 0. The molecule has 0 fully saturated rings. The monoisotopic (exact) mass is 255 g/mol. The molecule has 0 heterocycles. The highest BCUT2D eigenvalue weighted by atomic mass is 16.5. The van der Waals surface area contributed by atoms with E-state index in [2.05, 4.69) is 26.0 Å². The lowest BCUT2D eigenvalue weighted by Gasteiger charge is -2.12. The van der Waals surface area contributed by atoms with Crippen LogP contribution in [0.1, 0.15) is 37.3 Å². The van der Waals surface area contributed by atoms with Crippen LogP contribution in [-0.2, 0) is 0 Å². The van der Waals surface area contributed by atoms with Crippen LogP contribution in [0.25, 0.3) is 0 Å². The second kappa shape index (κ2) is 5.79. The molecule has 2 nitrogen and oxygen atoms in total. The lowest BCUT2D eigenvalue weighted by atomic mass is 9.99. The minimum absolute atomic E-state index is 0.582. The number of hydrogen-bond acceptors (Lipinski definition) is 2. The van der Waals surface area contributed by atoms with Crippen molar-refractivity contribution in [3.63, 3.8) is 0 Å². The topological polar surface area (TPSA) is 35.2 Å². The van der Waals surface area contributed by atoms with E-state index < -0.39 is 0 Å². The van der Waals surface area contributed by atoms with E-state index in [1.165, 1.54) is 5.56 Å². The maximum Gasteiger partial charge on any atom is 0.150 e. The molecule has 2 aromatic rings. The van der Waals surface area contributed by atoms with Crippen molar-refractivity contribution in [2.24, 2.45) is 0 Å². The molecule has 0 spiro atoms. The smallest absolute Gasteiger partial charge is 0.150 e. The number of ether oxygens (including phenoxy) is 1. The molecule has 0 aliphatic rings. The highest BCUT2D eigenvalue weighted by Gasteiger charge is 2.05. The molecule has 0 radical (unpaired) electrons. The minimum atomic E-state index is 0.582. The Morgan fingerprint density at radius 3 is 2.37 bits per heavy atom. The Hall–Kier alpha value is -1.96. The van der Waals surface area contributed by atoms with Crippen LogP contribution in [0.2, 0.25) is 0 Å². The molecule has 19 heavy (non-hydrogen) atoms. The van der Waals surface area contributed by atoms with E-state index in [1.54, 1.807) is 0 Å². The fraction of sp³-hybridized carbons (Fsp3) is 0.294. The third-order valence-electron chi connectivity index (χ3n) is 3.45. The van der Waals surface area contributed by atoms with Crippen molar-refractivity contribution in [2.45, 2.75) is 33.1 Å². The molecule has 2 aromatic carbocycles. The van der Waals surface area contributed by atoms with Crippen LogP contribution in [0.5, 0.6) is 11.5 Å². The molecule has 2 heteroatoms. The van der Waals surface area contributed by atoms with Crippen LogP contribution in [0.4, 0.5) is 5.69 Å². The van der Waals surface area contributed by atoms with Gasteiger partial charge in [0, 0.05) is 0 Å². The molecule has 0 aliphatic carbocycles. The van der Waals surface area contributed by atoms with Crippen molar-refractivity contribution in [1.29, 1.82) is 0 Å². The predicted molar refractivity (Wildman–Crippen MR) is 80.8 cm³/mol. The van der Waals surface area contributed by atoms with E-state index in [4.69, 9.17) is 10.5 Å². The van der Waals surface area contributed by atoms with Gasteiger partial charge >= 0.3 is 0 Å². The summed E-state index contributed by atoms with van der Waals surface area (Å²) in [5.41, 5.74) is 9.09. The van der Waals surface area contributed by atoms with E-state index in [-0.39, 0.29) is 0 Å². The van der Waals surface area contributed by atoms with Crippen molar-refractivity contribution in [3.05, 3.63) is 53.6 Å². The number of anilines is 1. The summed E-state index contributed by atoms with van der Waals surface area (Å²) in [6.45, 7) is 6.44. The standard InChI is InChI=1S/C17H21NO/c1-4-13(3)14-6-8-15(9-7-14)19-17-10-5-12(2)11-16(17)18/h5-11,13H,4,18H2,1-3H3. The SMILES string of the molecule is CCC(C)c1ccc(Oc2ccc(C)cc2N)cc1. The van der Waals surface area contributed by atoms with E-state index in [9.17, 15) is 0 Å². The minimum Gasteiger partial charge on any atom is -0.455 e. The lowest BCUT2D eigenvalue weighted by Crippen LogP contribution is -1.94. The van der Waals surface area contributed by atoms with Crippen molar-refractivity contribution in [1.82, 2.24) is 0 Å². The molecular formula is C17H21NO. The summed E-state index contributed by atoms with van der Waals surface area (Å²) in [6, 6.07) is 14.1. The number of hydrogen-bond donors (Lipinski definition) is 1. The molecule has 100 valence electrons. The zero-order valence-corrected chi connectivity index (χ0v) is 11.8. The summed E-state index contributed by atoms with van der Waals surface area (Å²) in [5, 5.41) is 0. The lowest BCUT2D eigenvalue weighted by molar-refractivity contribution is 0.484. The van der Waals surface area contributed by atoms with Gasteiger partial charge in [0.25, 0.3) is 0 Å². The van der Waals surface area contributed by atoms with Gasteiger partial charge in [0.2, 0.25) is 0 Å². The molecule has 0 bridgehead atoms. The number of rotatable bonds is 4. The van der Waals surface area contributed by atoms with Crippen LogP contribution < -0.4 is 10.5 Å².